The van der Waals surface area contributed by atoms with E-state index in [4.69, 9.17) is 4.74 Å². The second kappa shape index (κ2) is 6.03. The van der Waals surface area contributed by atoms with E-state index in [0.29, 0.717) is 0 Å². The molecule has 1 amide bonds. The molecule has 0 spiro atoms. The number of benzene rings is 1. The van der Waals surface area contributed by atoms with E-state index >= 15 is 0 Å². The van der Waals surface area contributed by atoms with Gasteiger partial charge in [-0.05, 0) is 11.6 Å². The average molecular weight is 289 g/mol. The first-order valence-corrected chi connectivity index (χ1v) is 7.55. The molecule has 2 unspecified atom stereocenters. The van der Waals surface area contributed by atoms with Crippen LogP contribution in [0.3, 0.4) is 0 Å². The molecule has 2 atom stereocenters. The zero-order valence-electron chi connectivity index (χ0n) is 12.7. The summed E-state index contributed by atoms with van der Waals surface area (Å²) in [7, 11) is 3.63. The Balaban J connectivity index is 1.65. The van der Waals surface area contributed by atoms with E-state index in [1.54, 1.807) is 4.90 Å². The monoisotopic (exact) mass is 289 g/mol. The van der Waals surface area contributed by atoms with Crippen LogP contribution in [0.5, 0.6) is 5.75 Å². The van der Waals surface area contributed by atoms with Gasteiger partial charge < -0.3 is 15.0 Å². The molecule has 0 aliphatic carbocycles. The predicted octanol–water partition coefficient (Wildman–Crippen LogP) is 0.352. The van der Waals surface area contributed by atoms with Crippen LogP contribution in [0.2, 0.25) is 0 Å². The number of hydrogen-bond donors (Lipinski definition) is 1. The smallest absolute Gasteiger partial charge is 0.240 e. The molecule has 1 saturated heterocycles. The Morgan fingerprint density at radius 2 is 2.24 bits per heavy atom. The number of ether oxygens (including phenoxy) is 1. The number of piperazine rings is 1. The maximum absolute atomic E-state index is 12.3. The largest absolute Gasteiger partial charge is 0.488 e. The minimum Gasteiger partial charge on any atom is -0.488 e. The minimum absolute atomic E-state index is 0.0823. The van der Waals surface area contributed by atoms with Crippen LogP contribution in [0.4, 0.5) is 0 Å². The lowest BCUT2D eigenvalue weighted by Gasteiger charge is -2.37. The second-order valence-electron chi connectivity index (χ2n) is 6.00. The minimum atomic E-state index is -0.0823. The fourth-order valence-corrected chi connectivity index (χ4v) is 3.12. The molecule has 2 aliphatic heterocycles. The third-order valence-electron chi connectivity index (χ3n) is 4.23. The van der Waals surface area contributed by atoms with Gasteiger partial charge in [0.15, 0.2) is 0 Å². The van der Waals surface area contributed by atoms with Crippen LogP contribution in [0.15, 0.2) is 24.3 Å². The zero-order valence-corrected chi connectivity index (χ0v) is 12.7. The van der Waals surface area contributed by atoms with Crippen molar-refractivity contribution in [3.05, 3.63) is 29.8 Å². The molecular formula is C16H23N3O2. The van der Waals surface area contributed by atoms with Crippen molar-refractivity contribution >= 4 is 5.91 Å². The number of carbonyl (C=O) groups is 1. The van der Waals surface area contributed by atoms with Crippen molar-refractivity contribution < 1.29 is 9.53 Å². The van der Waals surface area contributed by atoms with E-state index in [2.05, 4.69) is 16.3 Å². The van der Waals surface area contributed by atoms with E-state index in [1.807, 2.05) is 32.3 Å². The number of nitrogens with zero attached hydrogens (tertiary/aromatic N) is 2. The van der Waals surface area contributed by atoms with Gasteiger partial charge in [-0.25, -0.2) is 0 Å². The van der Waals surface area contributed by atoms with Crippen LogP contribution < -0.4 is 10.1 Å². The number of amides is 1. The van der Waals surface area contributed by atoms with Crippen molar-refractivity contribution in [3.8, 4) is 5.75 Å². The number of hydrogen-bond acceptors (Lipinski definition) is 4. The number of rotatable bonds is 3. The van der Waals surface area contributed by atoms with Gasteiger partial charge in [-0.15, -0.1) is 0 Å². The summed E-state index contributed by atoms with van der Waals surface area (Å²) in [6, 6.07) is 8.12. The van der Waals surface area contributed by atoms with E-state index in [1.165, 1.54) is 5.56 Å². The van der Waals surface area contributed by atoms with E-state index < -0.39 is 0 Å². The van der Waals surface area contributed by atoms with Crippen molar-refractivity contribution in [1.82, 2.24) is 15.1 Å². The Morgan fingerprint density at radius 3 is 3.00 bits per heavy atom. The van der Waals surface area contributed by atoms with Crippen LogP contribution in [-0.2, 0) is 11.2 Å². The van der Waals surface area contributed by atoms with Gasteiger partial charge in [0.2, 0.25) is 5.91 Å². The first-order chi connectivity index (χ1) is 10.1. The Kier molecular flexibility index (Phi) is 4.12. The quantitative estimate of drug-likeness (QED) is 0.872. The summed E-state index contributed by atoms with van der Waals surface area (Å²) in [4.78, 5) is 16.2. The molecule has 21 heavy (non-hydrogen) atoms. The van der Waals surface area contributed by atoms with Gasteiger partial charge >= 0.3 is 0 Å². The maximum Gasteiger partial charge on any atom is 0.240 e. The van der Waals surface area contributed by atoms with Crippen molar-refractivity contribution in [2.75, 3.05) is 40.3 Å². The van der Waals surface area contributed by atoms with Crippen LogP contribution in [0.1, 0.15) is 5.56 Å². The second-order valence-corrected chi connectivity index (χ2v) is 6.00. The summed E-state index contributed by atoms with van der Waals surface area (Å²) >= 11 is 0. The molecular weight excluding hydrogens is 266 g/mol. The molecule has 1 aromatic carbocycles. The van der Waals surface area contributed by atoms with Crippen LogP contribution >= 0.6 is 0 Å². The number of nitrogens with one attached hydrogen (secondary N) is 1. The topological polar surface area (TPSA) is 44.8 Å². The molecule has 5 heteroatoms. The molecule has 2 aliphatic rings. The standard InChI is InChI=1S/C16H23N3O2/c1-18(2)16(20)14-10-17-7-8-19(14)11-13-9-12-5-3-4-6-15(12)21-13/h3-6,13-14,17H,7-11H2,1-2H3. The molecule has 3 rings (SSSR count). The number of carbonyl (C=O) groups excluding carboxylic acids is 1. The van der Waals surface area contributed by atoms with Gasteiger partial charge in [0, 0.05) is 46.7 Å². The van der Waals surface area contributed by atoms with E-state index in [-0.39, 0.29) is 18.1 Å². The normalized spacial score (nSPS) is 25.2. The van der Waals surface area contributed by atoms with Gasteiger partial charge in [0.1, 0.15) is 17.9 Å². The van der Waals surface area contributed by atoms with Crippen molar-refractivity contribution in [1.29, 1.82) is 0 Å². The molecule has 114 valence electrons. The highest BCUT2D eigenvalue weighted by atomic mass is 16.5. The van der Waals surface area contributed by atoms with Gasteiger partial charge in [0.05, 0.1) is 0 Å². The molecule has 0 aromatic heterocycles. The van der Waals surface area contributed by atoms with Crippen LogP contribution in [-0.4, -0.2) is 68.1 Å². The molecule has 0 bridgehead atoms. The highest BCUT2D eigenvalue weighted by Crippen LogP contribution is 2.28. The third kappa shape index (κ3) is 3.04. The number of para-hydroxylation sites is 1. The van der Waals surface area contributed by atoms with Crippen molar-refractivity contribution in [3.63, 3.8) is 0 Å². The lowest BCUT2D eigenvalue weighted by Crippen LogP contribution is -2.59. The van der Waals surface area contributed by atoms with Gasteiger partial charge in [-0.2, -0.15) is 0 Å². The van der Waals surface area contributed by atoms with E-state index in [0.717, 1.165) is 38.3 Å². The van der Waals surface area contributed by atoms with Crippen molar-refractivity contribution in [2.24, 2.45) is 0 Å². The zero-order chi connectivity index (χ0) is 14.8. The van der Waals surface area contributed by atoms with Crippen LogP contribution in [0.25, 0.3) is 0 Å². The Labute approximate surface area is 125 Å². The Hall–Kier alpha value is -1.59. The highest BCUT2D eigenvalue weighted by Gasteiger charge is 2.33. The lowest BCUT2D eigenvalue weighted by atomic mass is 10.1. The summed E-state index contributed by atoms with van der Waals surface area (Å²) < 4.78 is 6.01. The van der Waals surface area contributed by atoms with Gasteiger partial charge in [0.25, 0.3) is 0 Å². The maximum atomic E-state index is 12.3. The Morgan fingerprint density at radius 1 is 1.43 bits per heavy atom. The molecule has 1 aromatic rings. The third-order valence-corrected chi connectivity index (χ3v) is 4.23. The average Bonchev–Trinajstić information content (AvgIpc) is 2.89. The molecule has 1 N–H and O–H groups in total. The number of fused-ring (bicyclic) bond motifs is 1. The molecule has 2 heterocycles. The molecule has 5 nitrogen and oxygen atoms in total. The molecule has 0 saturated carbocycles. The van der Waals surface area contributed by atoms with Crippen molar-refractivity contribution in [2.45, 2.75) is 18.6 Å². The highest BCUT2D eigenvalue weighted by molar-refractivity contribution is 5.81. The fraction of sp³-hybridized carbons (Fsp3) is 0.562. The summed E-state index contributed by atoms with van der Waals surface area (Å²) in [6.45, 7) is 3.34. The summed E-state index contributed by atoms with van der Waals surface area (Å²) in [6.07, 6.45) is 1.08. The number of likely N-dealkylation sites (N-methyl/N-ethyl adjacent to an activating group) is 1. The summed E-state index contributed by atoms with van der Waals surface area (Å²) in [5.41, 5.74) is 1.27. The predicted molar refractivity (Wildman–Crippen MR) is 81.5 cm³/mol. The summed E-state index contributed by atoms with van der Waals surface area (Å²) in [5.74, 6) is 1.16. The van der Waals surface area contributed by atoms with Crippen LogP contribution in [0, 0.1) is 0 Å². The van der Waals surface area contributed by atoms with Gasteiger partial charge in [-0.3, -0.25) is 9.69 Å². The fourth-order valence-electron chi connectivity index (χ4n) is 3.12. The van der Waals surface area contributed by atoms with E-state index in [9.17, 15) is 4.79 Å². The lowest BCUT2D eigenvalue weighted by molar-refractivity contribution is -0.135. The Bertz CT molecular complexity index is 493. The molecule has 0 radical (unpaired) electrons. The first-order valence-electron chi connectivity index (χ1n) is 7.55. The molecule has 1 fully saturated rings. The van der Waals surface area contributed by atoms with Gasteiger partial charge in [-0.1, -0.05) is 18.2 Å². The SMILES string of the molecule is CN(C)C(=O)C1CNCCN1CC1Cc2ccccc2O1. The first kappa shape index (κ1) is 14.4. The summed E-state index contributed by atoms with van der Waals surface area (Å²) in [5, 5.41) is 3.31.